The Hall–Kier alpha value is -3.61. The van der Waals surface area contributed by atoms with Gasteiger partial charge in [-0.05, 0) is 36.4 Å². The van der Waals surface area contributed by atoms with Crippen LogP contribution in [0.2, 0.25) is 0 Å². The number of nitrogens with zero attached hydrogens (tertiary/aromatic N) is 3. The van der Waals surface area contributed by atoms with E-state index in [9.17, 15) is 4.39 Å². The topological polar surface area (TPSA) is 60.7 Å². The Morgan fingerprint density at radius 1 is 1.08 bits per heavy atom. The maximum Gasteiger partial charge on any atom is 0.207 e. The number of halogens is 1. The molecular formula is C19H15FN4O2. The average Bonchev–Trinajstić information content (AvgIpc) is 3.15. The van der Waals surface area contributed by atoms with Crippen LogP contribution in [0.15, 0.2) is 67.4 Å². The van der Waals surface area contributed by atoms with Crippen LogP contribution in [0.25, 0.3) is 5.52 Å². The molecule has 0 aliphatic carbocycles. The van der Waals surface area contributed by atoms with Crippen LogP contribution in [0.5, 0.6) is 17.2 Å². The Kier molecular flexibility index (Phi) is 4.10. The van der Waals surface area contributed by atoms with Crippen molar-refractivity contribution < 1.29 is 13.9 Å². The number of nitrogens with one attached hydrogen (secondary N) is 1. The molecule has 26 heavy (non-hydrogen) atoms. The number of anilines is 2. The quantitative estimate of drug-likeness (QED) is 0.578. The molecule has 1 N–H and O–H groups in total. The van der Waals surface area contributed by atoms with Crippen LogP contribution in [0.3, 0.4) is 0 Å². The number of imidazole rings is 1. The summed E-state index contributed by atoms with van der Waals surface area (Å²) in [6, 6.07) is 11.9. The van der Waals surface area contributed by atoms with E-state index < -0.39 is 5.82 Å². The van der Waals surface area contributed by atoms with E-state index in [-0.39, 0.29) is 11.5 Å². The molecule has 0 atom stereocenters. The molecule has 130 valence electrons. The Bertz CT molecular complexity index is 1050. The maximum absolute atomic E-state index is 14.2. The molecule has 0 saturated carbocycles. The minimum Gasteiger partial charge on any atom is -0.494 e. The zero-order valence-corrected chi connectivity index (χ0v) is 13.9. The average molecular weight is 350 g/mol. The number of hydrogen-bond acceptors (Lipinski definition) is 5. The van der Waals surface area contributed by atoms with E-state index >= 15 is 0 Å². The Balaban J connectivity index is 1.53. The summed E-state index contributed by atoms with van der Waals surface area (Å²) >= 11 is 0. The third-order valence-corrected chi connectivity index (χ3v) is 3.83. The SMILES string of the molecule is COc1cccc(Oc2ccc(Nc3nccn4cncc34)cc2)c1F. The number of methoxy groups -OCH3 is 1. The van der Waals surface area contributed by atoms with E-state index in [1.54, 1.807) is 49.1 Å². The van der Waals surface area contributed by atoms with E-state index in [2.05, 4.69) is 15.3 Å². The fourth-order valence-corrected chi connectivity index (χ4v) is 2.55. The third-order valence-electron chi connectivity index (χ3n) is 3.83. The highest BCUT2D eigenvalue weighted by molar-refractivity contribution is 5.72. The fourth-order valence-electron chi connectivity index (χ4n) is 2.55. The highest BCUT2D eigenvalue weighted by Crippen LogP contribution is 2.31. The van der Waals surface area contributed by atoms with Crippen LogP contribution in [0.4, 0.5) is 15.9 Å². The van der Waals surface area contributed by atoms with Gasteiger partial charge in [0.15, 0.2) is 17.3 Å². The Morgan fingerprint density at radius 3 is 2.69 bits per heavy atom. The zero-order valence-electron chi connectivity index (χ0n) is 13.9. The van der Waals surface area contributed by atoms with Crippen LogP contribution in [-0.2, 0) is 0 Å². The van der Waals surface area contributed by atoms with E-state index in [4.69, 9.17) is 9.47 Å². The van der Waals surface area contributed by atoms with Gasteiger partial charge in [-0.15, -0.1) is 0 Å². The van der Waals surface area contributed by atoms with Crippen molar-refractivity contribution in [3.05, 3.63) is 73.2 Å². The molecule has 0 unspecified atom stereocenters. The fraction of sp³-hybridized carbons (Fsp3) is 0.0526. The summed E-state index contributed by atoms with van der Waals surface area (Å²) in [5.74, 6) is 0.918. The van der Waals surface area contributed by atoms with Crippen molar-refractivity contribution in [1.82, 2.24) is 14.4 Å². The molecule has 7 heteroatoms. The van der Waals surface area contributed by atoms with Crippen LogP contribution in [0, 0.1) is 5.82 Å². The standard InChI is InChI=1S/C19H15FN4O2/c1-25-16-3-2-4-17(18(16)20)26-14-7-5-13(6-8-14)23-19-15-11-21-12-24(15)10-9-22-19/h2-12H,1H3,(H,22,23). The van der Waals surface area contributed by atoms with Gasteiger partial charge in [0, 0.05) is 18.1 Å². The Morgan fingerprint density at radius 2 is 1.88 bits per heavy atom. The van der Waals surface area contributed by atoms with Gasteiger partial charge >= 0.3 is 0 Å². The second kappa shape index (κ2) is 6.72. The van der Waals surface area contributed by atoms with Gasteiger partial charge < -0.3 is 19.2 Å². The highest BCUT2D eigenvalue weighted by atomic mass is 19.1. The predicted molar refractivity (Wildman–Crippen MR) is 95.7 cm³/mol. The van der Waals surface area contributed by atoms with E-state index in [1.807, 2.05) is 22.7 Å². The van der Waals surface area contributed by atoms with Crippen molar-refractivity contribution in [2.24, 2.45) is 0 Å². The van der Waals surface area contributed by atoms with Crippen molar-refractivity contribution in [2.75, 3.05) is 12.4 Å². The molecule has 2 aromatic heterocycles. The van der Waals surface area contributed by atoms with Gasteiger partial charge in [0.1, 0.15) is 11.3 Å². The van der Waals surface area contributed by atoms with Crippen LogP contribution < -0.4 is 14.8 Å². The summed E-state index contributed by atoms with van der Waals surface area (Å²) in [4.78, 5) is 8.43. The summed E-state index contributed by atoms with van der Waals surface area (Å²) in [5.41, 5.74) is 1.69. The molecule has 0 aliphatic heterocycles. The molecule has 4 aromatic rings. The molecule has 0 bridgehead atoms. The molecule has 6 nitrogen and oxygen atoms in total. The Labute approximate surface area is 148 Å². The molecule has 0 amide bonds. The van der Waals surface area contributed by atoms with Gasteiger partial charge in [0.25, 0.3) is 0 Å². The van der Waals surface area contributed by atoms with Crippen LogP contribution >= 0.6 is 0 Å². The van der Waals surface area contributed by atoms with Gasteiger partial charge in [0.2, 0.25) is 5.82 Å². The molecule has 0 aliphatic rings. The van der Waals surface area contributed by atoms with Gasteiger partial charge in [-0.3, -0.25) is 0 Å². The molecule has 2 heterocycles. The summed E-state index contributed by atoms with van der Waals surface area (Å²) in [6.07, 6.45) is 6.97. The second-order valence-corrected chi connectivity index (χ2v) is 5.49. The second-order valence-electron chi connectivity index (χ2n) is 5.49. The molecular weight excluding hydrogens is 335 g/mol. The number of ether oxygens (including phenoxy) is 2. The molecule has 4 rings (SSSR count). The zero-order chi connectivity index (χ0) is 17.9. The van der Waals surface area contributed by atoms with Crippen LogP contribution in [-0.4, -0.2) is 21.5 Å². The van der Waals surface area contributed by atoms with E-state index in [0.717, 1.165) is 11.2 Å². The lowest BCUT2D eigenvalue weighted by Gasteiger charge is -2.11. The number of fused-ring (bicyclic) bond motifs is 1. The van der Waals surface area contributed by atoms with Crippen molar-refractivity contribution in [3.63, 3.8) is 0 Å². The largest absolute Gasteiger partial charge is 0.494 e. The normalized spacial score (nSPS) is 10.7. The lowest BCUT2D eigenvalue weighted by atomic mass is 10.3. The predicted octanol–water partition coefficient (Wildman–Crippen LogP) is 4.41. The summed E-state index contributed by atoms with van der Waals surface area (Å²) < 4.78 is 26.6. The lowest BCUT2D eigenvalue weighted by molar-refractivity contribution is 0.368. The lowest BCUT2D eigenvalue weighted by Crippen LogP contribution is -1.97. The molecule has 0 fully saturated rings. The van der Waals surface area contributed by atoms with Gasteiger partial charge in [-0.25, -0.2) is 9.97 Å². The molecule has 0 radical (unpaired) electrons. The van der Waals surface area contributed by atoms with Gasteiger partial charge in [-0.1, -0.05) is 6.07 Å². The van der Waals surface area contributed by atoms with Crippen molar-refractivity contribution in [2.45, 2.75) is 0 Å². The highest BCUT2D eigenvalue weighted by Gasteiger charge is 2.10. The summed E-state index contributed by atoms with van der Waals surface area (Å²) in [6.45, 7) is 0. The molecule has 0 saturated heterocycles. The van der Waals surface area contributed by atoms with Gasteiger partial charge in [-0.2, -0.15) is 4.39 Å². The first-order valence-electron chi connectivity index (χ1n) is 7.89. The van der Waals surface area contributed by atoms with E-state index in [0.29, 0.717) is 11.6 Å². The first-order chi connectivity index (χ1) is 12.7. The molecule has 2 aromatic carbocycles. The minimum atomic E-state index is -0.534. The third kappa shape index (κ3) is 3.02. The van der Waals surface area contributed by atoms with Gasteiger partial charge in [0.05, 0.1) is 19.6 Å². The number of hydrogen-bond donors (Lipinski definition) is 1. The first-order valence-corrected chi connectivity index (χ1v) is 7.89. The number of aromatic nitrogens is 3. The minimum absolute atomic E-state index is 0.107. The summed E-state index contributed by atoms with van der Waals surface area (Å²) in [5, 5.41) is 3.23. The maximum atomic E-state index is 14.2. The number of benzene rings is 2. The van der Waals surface area contributed by atoms with Crippen LogP contribution in [0.1, 0.15) is 0 Å². The monoisotopic (exact) mass is 350 g/mol. The molecule has 0 spiro atoms. The summed E-state index contributed by atoms with van der Waals surface area (Å²) in [7, 11) is 1.41. The van der Waals surface area contributed by atoms with E-state index in [1.165, 1.54) is 7.11 Å². The first kappa shape index (κ1) is 15.9. The van der Waals surface area contributed by atoms with Crippen molar-refractivity contribution in [1.29, 1.82) is 0 Å². The van der Waals surface area contributed by atoms with Crippen molar-refractivity contribution >= 4 is 17.0 Å². The van der Waals surface area contributed by atoms with Crippen molar-refractivity contribution in [3.8, 4) is 17.2 Å². The smallest absolute Gasteiger partial charge is 0.207 e. The number of rotatable bonds is 5.